The Bertz CT molecular complexity index is 995. The molecule has 2 heterocycles. The number of hydrogen-bond acceptors (Lipinski definition) is 3. The summed E-state index contributed by atoms with van der Waals surface area (Å²) in [6.45, 7) is 0. The van der Waals surface area contributed by atoms with E-state index in [2.05, 4.69) is 31.1 Å². The molecular formula is C17H12BrN3O2. The van der Waals surface area contributed by atoms with Gasteiger partial charge < -0.3 is 15.1 Å². The van der Waals surface area contributed by atoms with Gasteiger partial charge >= 0.3 is 0 Å². The lowest BCUT2D eigenvalue weighted by atomic mass is 10.1. The van der Waals surface area contributed by atoms with E-state index in [1.54, 1.807) is 0 Å². The van der Waals surface area contributed by atoms with Gasteiger partial charge in [0.05, 0.1) is 16.8 Å². The largest absolute Gasteiger partial charge is 0.494 e. The molecule has 6 heteroatoms. The summed E-state index contributed by atoms with van der Waals surface area (Å²) in [5.74, 6) is 0.0129. The average Bonchev–Trinajstić information content (AvgIpc) is 2.93. The molecule has 3 aromatic rings. The molecule has 0 aliphatic heterocycles. The van der Waals surface area contributed by atoms with Crippen LogP contribution in [-0.4, -0.2) is 15.1 Å². The van der Waals surface area contributed by atoms with Gasteiger partial charge in [0.25, 0.3) is 0 Å². The Balaban J connectivity index is 2.02. The van der Waals surface area contributed by atoms with Gasteiger partial charge in [0, 0.05) is 27.5 Å². The van der Waals surface area contributed by atoms with Crippen LogP contribution in [-0.2, 0) is 6.42 Å². The Kier molecular flexibility index (Phi) is 3.20. The molecule has 0 spiro atoms. The first-order valence-electron chi connectivity index (χ1n) is 7.11. The average molecular weight is 370 g/mol. The summed E-state index contributed by atoms with van der Waals surface area (Å²) in [5, 5.41) is 14.4. The van der Waals surface area contributed by atoms with E-state index in [0.29, 0.717) is 23.4 Å². The Labute approximate surface area is 139 Å². The Morgan fingerprint density at radius 2 is 2.09 bits per heavy atom. The molecule has 0 amide bonds. The normalized spacial score (nSPS) is 13.3. The molecule has 1 aromatic carbocycles. The fourth-order valence-electron chi connectivity index (χ4n) is 3.00. The van der Waals surface area contributed by atoms with Crippen LogP contribution in [0.1, 0.15) is 11.3 Å². The van der Waals surface area contributed by atoms with Crippen LogP contribution < -0.4 is 0 Å². The zero-order chi connectivity index (χ0) is 16.0. The van der Waals surface area contributed by atoms with Gasteiger partial charge in [-0.2, -0.15) is 0 Å². The molecule has 1 aliphatic rings. The first-order chi connectivity index (χ1) is 11.2. The zero-order valence-corrected chi connectivity index (χ0v) is 13.5. The van der Waals surface area contributed by atoms with Crippen molar-refractivity contribution in [3.63, 3.8) is 0 Å². The summed E-state index contributed by atoms with van der Waals surface area (Å²) >= 11 is 3.41. The van der Waals surface area contributed by atoms with Gasteiger partial charge in [-0.05, 0) is 17.3 Å². The minimum absolute atomic E-state index is 0.0129. The summed E-state index contributed by atoms with van der Waals surface area (Å²) in [4.78, 5) is 17.6. The van der Waals surface area contributed by atoms with Gasteiger partial charge in [-0.15, -0.1) is 4.91 Å². The van der Waals surface area contributed by atoms with E-state index in [1.165, 1.54) is 0 Å². The molecule has 0 radical (unpaired) electrons. The number of allylic oxidation sites excluding steroid dienone is 3. The fraction of sp³-hybridized carbons (Fsp3) is 0.0588. The van der Waals surface area contributed by atoms with Crippen molar-refractivity contribution >= 4 is 38.6 Å². The third kappa shape index (κ3) is 2.14. The van der Waals surface area contributed by atoms with E-state index >= 15 is 0 Å². The van der Waals surface area contributed by atoms with Crippen molar-refractivity contribution in [2.75, 3.05) is 0 Å². The van der Waals surface area contributed by atoms with E-state index in [9.17, 15) is 10.0 Å². The number of nitrogens with zero attached hydrogens (tertiary/aromatic N) is 1. The predicted octanol–water partition coefficient (Wildman–Crippen LogP) is 5.15. The first-order valence-corrected chi connectivity index (χ1v) is 7.90. The van der Waals surface area contributed by atoms with Crippen LogP contribution in [0.15, 0.2) is 46.1 Å². The molecule has 0 bridgehead atoms. The predicted molar refractivity (Wildman–Crippen MR) is 94.8 cm³/mol. The third-order valence-electron chi connectivity index (χ3n) is 4.01. The van der Waals surface area contributed by atoms with E-state index in [4.69, 9.17) is 0 Å². The summed E-state index contributed by atoms with van der Waals surface area (Å²) in [6.07, 6.45) is 8.36. The van der Waals surface area contributed by atoms with Gasteiger partial charge in [-0.3, -0.25) is 0 Å². The molecule has 23 heavy (non-hydrogen) atoms. The Morgan fingerprint density at radius 1 is 1.22 bits per heavy atom. The Morgan fingerprint density at radius 3 is 2.91 bits per heavy atom. The van der Waals surface area contributed by atoms with Crippen LogP contribution in [0.3, 0.4) is 0 Å². The van der Waals surface area contributed by atoms with Gasteiger partial charge in [0.15, 0.2) is 5.88 Å². The number of benzene rings is 1. The van der Waals surface area contributed by atoms with Crippen LogP contribution in [0, 0.1) is 4.91 Å². The lowest BCUT2D eigenvalue weighted by molar-refractivity contribution is 0.460. The number of nitroso groups, excluding NO2 is 1. The maximum absolute atomic E-state index is 11.4. The molecule has 0 saturated carbocycles. The van der Waals surface area contributed by atoms with Crippen molar-refractivity contribution in [3.05, 3.63) is 57.1 Å². The molecule has 5 nitrogen and oxygen atoms in total. The number of aromatic hydroxyl groups is 1. The molecular weight excluding hydrogens is 358 g/mol. The first kappa shape index (κ1) is 14.0. The third-order valence-corrected chi connectivity index (χ3v) is 4.50. The smallest absolute Gasteiger partial charge is 0.199 e. The molecule has 0 saturated heterocycles. The van der Waals surface area contributed by atoms with Crippen LogP contribution in [0.4, 0.5) is 5.69 Å². The summed E-state index contributed by atoms with van der Waals surface area (Å²) < 4.78 is 0.905. The van der Waals surface area contributed by atoms with Gasteiger partial charge in [0.2, 0.25) is 0 Å². The van der Waals surface area contributed by atoms with E-state index < -0.39 is 0 Å². The van der Waals surface area contributed by atoms with Crippen molar-refractivity contribution in [3.8, 4) is 17.1 Å². The maximum atomic E-state index is 11.4. The fourth-order valence-corrected chi connectivity index (χ4v) is 3.36. The van der Waals surface area contributed by atoms with Crippen LogP contribution in [0.2, 0.25) is 0 Å². The van der Waals surface area contributed by atoms with Crippen molar-refractivity contribution < 1.29 is 5.11 Å². The van der Waals surface area contributed by atoms with Crippen molar-refractivity contribution in [1.29, 1.82) is 0 Å². The summed E-state index contributed by atoms with van der Waals surface area (Å²) in [7, 11) is 0. The minimum Gasteiger partial charge on any atom is -0.494 e. The molecule has 114 valence electrons. The monoisotopic (exact) mass is 369 g/mol. The molecule has 0 atom stereocenters. The Hall–Kier alpha value is -2.60. The number of rotatable bonds is 2. The van der Waals surface area contributed by atoms with Crippen LogP contribution >= 0.6 is 15.9 Å². The van der Waals surface area contributed by atoms with E-state index in [1.807, 2.05) is 42.5 Å². The quantitative estimate of drug-likeness (QED) is 0.545. The van der Waals surface area contributed by atoms with Crippen LogP contribution in [0.5, 0.6) is 5.88 Å². The molecule has 3 N–H and O–H groups in total. The van der Waals surface area contributed by atoms with Gasteiger partial charge in [-0.1, -0.05) is 46.3 Å². The molecule has 4 rings (SSSR count). The van der Waals surface area contributed by atoms with Crippen molar-refractivity contribution in [2.45, 2.75) is 6.42 Å². The lowest BCUT2D eigenvalue weighted by Crippen LogP contribution is -1.83. The number of fused-ring (bicyclic) bond motifs is 2. The highest BCUT2D eigenvalue weighted by Crippen LogP contribution is 2.44. The standard InChI is InChI=1S/C17H12BrN3O2/c18-9-6-7-10-13(8-9)20-17(22)14(10)16-15(21-23)11-4-2-1-3-5-12(11)19-16/h1-4,6-8,19-20,22H,5H2. The lowest BCUT2D eigenvalue weighted by Gasteiger charge is -1.99. The van der Waals surface area contributed by atoms with Crippen molar-refractivity contribution in [1.82, 2.24) is 9.97 Å². The summed E-state index contributed by atoms with van der Waals surface area (Å²) in [6, 6.07) is 5.66. The van der Waals surface area contributed by atoms with E-state index in [-0.39, 0.29) is 5.88 Å². The number of nitrogens with one attached hydrogen (secondary N) is 2. The van der Waals surface area contributed by atoms with Gasteiger partial charge in [0.1, 0.15) is 5.69 Å². The minimum atomic E-state index is 0.0129. The van der Waals surface area contributed by atoms with Gasteiger partial charge in [-0.25, -0.2) is 0 Å². The molecule has 1 aliphatic carbocycles. The number of H-pyrrole nitrogens is 2. The zero-order valence-electron chi connectivity index (χ0n) is 11.9. The van der Waals surface area contributed by atoms with Crippen LogP contribution in [0.25, 0.3) is 28.2 Å². The highest BCUT2D eigenvalue weighted by Gasteiger charge is 2.23. The molecule has 0 unspecified atom stereocenters. The SMILES string of the molecule is O=Nc1c(-c2c(O)[nH]c3cc(Br)ccc23)[nH]c2c1C=CC=CC2. The highest BCUT2D eigenvalue weighted by atomic mass is 79.9. The topological polar surface area (TPSA) is 81.2 Å². The number of aromatic nitrogens is 2. The second-order valence-corrected chi connectivity index (χ2v) is 6.28. The second kappa shape index (κ2) is 5.24. The highest BCUT2D eigenvalue weighted by molar-refractivity contribution is 9.10. The number of aromatic amines is 2. The number of hydrogen-bond donors (Lipinski definition) is 3. The molecule has 0 fully saturated rings. The molecule has 2 aromatic heterocycles. The van der Waals surface area contributed by atoms with Crippen molar-refractivity contribution in [2.24, 2.45) is 5.18 Å². The number of halogens is 1. The maximum Gasteiger partial charge on any atom is 0.199 e. The second-order valence-electron chi connectivity index (χ2n) is 5.36. The summed E-state index contributed by atoms with van der Waals surface area (Å²) in [5.41, 5.74) is 3.88. The van der Waals surface area contributed by atoms with E-state index in [0.717, 1.165) is 26.6 Å².